The van der Waals surface area contributed by atoms with Crippen molar-refractivity contribution < 1.29 is 9.90 Å². The Morgan fingerprint density at radius 1 is 1.50 bits per heavy atom. The predicted molar refractivity (Wildman–Crippen MR) is 47.3 cm³/mol. The summed E-state index contributed by atoms with van der Waals surface area (Å²) in [6.45, 7) is 0. The quantitative estimate of drug-likeness (QED) is 0.650. The van der Waals surface area contributed by atoms with Crippen molar-refractivity contribution in [3.8, 4) is 0 Å². The summed E-state index contributed by atoms with van der Waals surface area (Å²) in [5.74, 6) is 0.0517. The van der Waals surface area contributed by atoms with Gasteiger partial charge in [-0.1, -0.05) is 6.42 Å². The van der Waals surface area contributed by atoms with Crippen LogP contribution in [-0.4, -0.2) is 16.6 Å². The molecule has 3 nitrogen and oxygen atoms in total. The van der Waals surface area contributed by atoms with Crippen LogP contribution >= 0.6 is 12.4 Å². The zero-order valence-corrected chi connectivity index (χ0v) is 7.64. The van der Waals surface area contributed by atoms with Crippen molar-refractivity contribution in [2.45, 2.75) is 31.2 Å². The van der Waals surface area contributed by atoms with Crippen LogP contribution in [0.5, 0.6) is 0 Å². The van der Waals surface area contributed by atoms with Crippen LogP contribution in [0, 0.1) is 11.8 Å². The van der Waals surface area contributed by atoms with Gasteiger partial charge in [-0.25, -0.2) is 0 Å². The minimum absolute atomic E-state index is 0. The predicted octanol–water partition coefficient (Wildman–Crippen LogP) is 1.01. The summed E-state index contributed by atoms with van der Waals surface area (Å²) in [6, 6.07) is 0. The van der Waals surface area contributed by atoms with E-state index in [4.69, 9.17) is 10.8 Å². The van der Waals surface area contributed by atoms with E-state index in [0.29, 0.717) is 12.3 Å². The highest BCUT2D eigenvalue weighted by Crippen LogP contribution is 2.49. The van der Waals surface area contributed by atoms with Gasteiger partial charge in [0.05, 0.1) is 0 Å². The lowest BCUT2D eigenvalue weighted by Crippen LogP contribution is -2.52. The van der Waals surface area contributed by atoms with Crippen molar-refractivity contribution in [1.82, 2.24) is 0 Å². The maximum absolute atomic E-state index is 10.8. The second kappa shape index (κ2) is 2.89. The normalized spacial score (nSPS) is 44.1. The van der Waals surface area contributed by atoms with Gasteiger partial charge in [0.2, 0.25) is 0 Å². The summed E-state index contributed by atoms with van der Waals surface area (Å²) in [7, 11) is 0. The van der Waals surface area contributed by atoms with Crippen LogP contribution in [0.4, 0.5) is 0 Å². The molecule has 0 unspecified atom stereocenters. The maximum Gasteiger partial charge on any atom is 0.323 e. The molecule has 4 heteroatoms. The second-order valence-corrected chi connectivity index (χ2v) is 3.93. The fourth-order valence-electron chi connectivity index (χ4n) is 2.63. The van der Waals surface area contributed by atoms with E-state index in [-0.39, 0.29) is 18.3 Å². The van der Waals surface area contributed by atoms with Gasteiger partial charge in [0.1, 0.15) is 5.54 Å². The molecule has 0 heterocycles. The summed E-state index contributed by atoms with van der Waals surface area (Å²) in [5, 5.41) is 8.87. The molecule has 0 radical (unpaired) electrons. The first-order chi connectivity index (χ1) is 5.13. The monoisotopic (exact) mass is 191 g/mol. The minimum Gasteiger partial charge on any atom is -0.480 e. The fraction of sp³-hybridized carbons (Fsp3) is 0.875. The Morgan fingerprint density at radius 2 is 2.17 bits per heavy atom. The van der Waals surface area contributed by atoms with Gasteiger partial charge < -0.3 is 10.8 Å². The zero-order valence-electron chi connectivity index (χ0n) is 6.82. The van der Waals surface area contributed by atoms with Gasteiger partial charge in [0.25, 0.3) is 0 Å². The number of nitrogens with two attached hydrogens (primary N) is 1. The Bertz CT molecular complexity index is 209. The lowest BCUT2D eigenvalue weighted by Gasteiger charge is -2.28. The van der Waals surface area contributed by atoms with Gasteiger partial charge in [-0.05, 0) is 31.1 Å². The van der Waals surface area contributed by atoms with E-state index in [1.807, 2.05) is 0 Å². The lowest BCUT2D eigenvalue weighted by molar-refractivity contribution is -0.145. The molecule has 70 valence electrons. The lowest BCUT2D eigenvalue weighted by atomic mass is 9.82. The van der Waals surface area contributed by atoms with Crippen LogP contribution < -0.4 is 5.73 Å². The first-order valence-corrected chi connectivity index (χ1v) is 4.15. The van der Waals surface area contributed by atoms with Gasteiger partial charge in [0, 0.05) is 0 Å². The smallest absolute Gasteiger partial charge is 0.323 e. The molecule has 0 aromatic rings. The Labute approximate surface area is 77.7 Å². The molecule has 2 rings (SSSR count). The van der Waals surface area contributed by atoms with Crippen molar-refractivity contribution in [2.24, 2.45) is 17.6 Å². The standard InChI is InChI=1S/C8H13NO2.ClH/c9-8(7(10)11)4-5-1-2-6(8)3-5;/h5-6H,1-4,9H2,(H,10,11);1H/t5-,6+,8+;/m0./s1. The molecule has 2 fully saturated rings. The molecule has 2 bridgehead atoms. The SMILES string of the molecule is Cl.N[C@]1(C(=O)O)C[C@H]2CC[C@@H]1C2. The highest BCUT2D eigenvalue weighted by Gasteiger charge is 2.53. The second-order valence-electron chi connectivity index (χ2n) is 3.93. The van der Waals surface area contributed by atoms with Crippen LogP contribution in [0.25, 0.3) is 0 Å². The molecular formula is C8H14ClNO2. The molecule has 0 aromatic heterocycles. The van der Waals surface area contributed by atoms with E-state index in [1.54, 1.807) is 0 Å². The Morgan fingerprint density at radius 3 is 2.42 bits per heavy atom. The van der Waals surface area contributed by atoms with Crippen LogP contribution in [0.1, 0.15) is 25.7 Å². The molecule has 0 aliphatic heterocycles. The molecule has 2 aliphatic carbocycles. The number of hydrogen-bond donors (Lipinski definition) is 2. The van der Waals surface area contributed by atoms with Crippen LogP contribution in [0.3, 0.4) is 0 Å². The van der Waals surface area contributed by atoms with Crippen LogP contribution in [-0.2, 0) is 4.79 Å². The van der Waals surface area contributed by atoms with Crippen molar-refractivity contribution >= 4 is 18.4 Å². The van der Waals surface area contributed by atoms with Gasteiger partial charge in [-0.3, -0.25) is 4.79 Å². The molecule has 0 aromatic carbocycles. The summed E-state index contributed by atoms with van der Waals surface area (Å²) < 4.78 is 0. The third kappa shape index (κ3) is 1.12. The third-order valence-electron chi connectivity index (χ3n) is 3.29. The number of carboxylic acid groups (broad SMARTS) is 1. The summed E-state index contributed by atoms with van der Waals surface area (Å²) >= 11 is 0. The number of halogens is 1. The number of rotatable bonds is 1. The van der Waals surface area contributed by atoms with Gasteiger partial charge in [-0.2, -0.15) is 0 Å². The fourth-order valence-corrected chi connectivity index (χ4v) is 2.63. The number of carbonyl (C=O) groups is 1. The van der Waals surface area contributed by atoms with Crippen molar-refractivity contribution in [3.63, 3.8) is 0 Å². The van der Waals surface area contributed by atoms with Gasteiger partial charge in [-0.15, -0.1) is 12.4 Å². The minimum atomic E-state index is -0.872. The molecule has 0 saturated heterocycles. The van der Waals surface area contributed by atoms with Gasteiger partial charge >= 0.3 is 5.97 Å². The van der Waals surface area contributed by atoms with Crippen molar-refractivity contribution in [2.75, 3.05) is 0 Å². The molecular weight excluding hydrogens is 178 g/mol. The molecule has 3 atom stereocenters. The van der Waals surface area contributed by atoms with Crippen molar-refractivity contribution in [3.05, 3.63) is 0 Å². The summed E-state index contributed by atoms with van der Waals surface area (Å²) in [6.07, 6.45) is 3.96. The number of carboxylic acids is 1. The summed E-state index contributed by atoms with van der Waals surface area (Å²) in [5.41, 5.74) is 4.92. The molecule has 3 N–H and O–H groups in total. The molecule has 2 aliphatic rings. The summed E-state index contributed by atoms with van der Waals surface area (Å²) in [4.78, 5) is 10.8. The first kappa shape index (κ1) is 9.81. The van der Waals surface area contributed by atoms with E-state index in [2.05, 4.69) is 0 Å². The maximum atomic E-state index is 10.8. The largest absolute Gasteiger partial charge is 0.480 e. The number of aliphatic carboxylic acids is 1. The van der Waals surface area contributed by atoms with Crippen molar-refractivity contribution in [1.29, 1.82) is 0 Å². The molecule has 12 heavy (non-hydrogen) atoms. The Kier molecular flexibility index (Phi) is 2.36. The van der Waals surface area contributed by atoms with Crippen LogP contribution in [0.2, 0.25) is 0 Å². The van der Waals surface area contributed by atoms with E-state index in [9.17, 15) is 4.79 Å². The van der Waals surface area contributed by atoms with E-state index in [0.717, 1.165) is 12.8 Å². The number of fused-ring (bicyclic) bond motifs is 2. The zero-order chi connectivity index (χ0) is 8.06. The Balaban J connectivity index is 0.000000720. The van der Waals surface area contributed by atoms with Crippen LogP contribution in [0.15, 0.2) is 0 Å². The average Bonchev–Trinajstić information content (AvgIpc) is 2.45. The van der Waals surface area contributed by atoms with E-state index in [1.165, 1.54) is 6.42 Å². The van der Waals surface area contributed by atoms with Gasteiger partial charge in [0.15, 0.2) is 0 Å². The average molecular weight is 192 g/mol. The highest BCUT2D eigenvalue weighted by atomic mass is 35.5. The van der Waals surface area contributed by atoms with E-state index >= 15 is 0 Å². The molecule has 2 saturated carbocycles. The number of hydrogen-bond acceptors (Lipinski definition) is 2. The molecule has 0 spiro atoms. The third-order valence-corrected chi connectivity index (χ3v) is 3.29. The van der Waals surface area contributed by atoms with E-state index < -0.39 is 11.5 Å². The first-order valence-electron chi connectivity index (χ1n) is 4.15. The molecule has 0 amide bonds. The Hall–Kier alpha value is -0.280. The highest BCUT2D eigenvalue weighted by molar-refractivity contribution is 5.85. The topological polar surface area (TPSA) is 63.3 Å².